The second-order valence-corrected chi connectivity index (χ2v) is 9.06. The van der Waals surface area contributed by atoms with E-state index in [-0.39, 0.29) is 30.3 Å². The van der Waals surface area contributed by atoms with E-state index in [4.69, 9.17) is 4.74 Å². The van der Waals surface area contributed by atoms with E-state index in [1.54, 1.807) is 0 Å². The summed E-state index contributed by atoms with van der Waals surface area (Å²) < 4.78 is 72.4. The lowest BCUT2D eigenvalue weighted by Gasteiger charge is -2.11. The zero-order valence-corrected chi connectivity index (χ0v) is 18.4. The first-order valence-corrected chi connectivity index (χ1v) is 11.3. The van der Waals surface area contributed by atoms with Crippen LogP contribution in [0.2, 0.25) is 0 Å². The van der Waals surface area contributed by atoms with E-state index in [0.717, 1.165) is 35.6 Å². The van der Waals surface area contributed by atoms with E-state index in [1.807, 2.05) is 38.1 Å². The summed E-state index contributed by atoms with van der Waals surface area (Å²) in [5, 5.41) is 2.69. The summed E-state index contributed by atoms with van der Waals surface area (Å²) >= 11 is 0. The van der Waals surface area contributed by atoms with Crippen LogP contribution in [0.25, 0.3) is 0 Å². The molecule has 0 saturated carbocycles. The highest BCUT2D eigenvalue weighted by molar-refractivity contribution is 7.89. The molecule has 1 amide bonds. The number of hydrogen-bond acceptors (Lipinski definition) is 5. The van der Waals surface area contributed by atoms with Crippen molar-refractivity contribution < 1.29 is 35.9 Å². The molecular formula is C21H25F3N2O5S. The van der Waals surface area contributed by atoms with Crippen molar-refractivity contribution in [3.63, 3.8) is 0 Å². The number of rotatable bonds is 11. The Bertz CT molecular complexity index is 976. The van der Waals surface area contributed by atoms with E-state index in [1.165, 1.54) is 0 Å². The molecule has 0 unspecified atom stereocenters. The van der Waals surface area contributed by atoms with Gasteiger partial charge in [0.25, 0.3) is 0 Å². The molecule has 0 radical (unpaired) electrons. The van der Waals surface area contributed by atoms with E-state index in [2.05, 4.69) is 14.8 Å². The number of amides is 1. The van der Waals surface area contributed by atoms with Gasteiger partial charge >= 0.3 is 6.36 Å². The highest BCUT2D eigenvalue weighted by atomic mass is 32.2. The number of hydrogen-bond donors (Lipinski definition) is 2. The number of ether oxygens (including phenoxy) is 2. The van der Waals surface area contributed by atoms with Gasteiger partial charge in [0, 0.05) is 19.5 Å². The summed E-state index contributed by atoms with van der Waals surface area (Å²) in [5.74, 6) is 0.257. The molecule has 0 atom stereocenters. The number of halogens is 3. The molecule has 0 bridgehead atoms. The van der Waals surface area contributed by atoms with Crippen LogP contribution in [0.4, 0.5) is 13.2 Å². The number of alkyl halides is 3. The highest BCUT2D eigenvalue weighted by Crippen LogP contribution is 2.23. The number of carbonyl (C=O) groups is 1. The Morgan fingerprint density at radius 1 is 1.00 bits per heavy atom. The van der Waals surface area contributed by atoms with Crippen molar-refractivity contribution in [3.05, 3.63) is 54.1 Å². The quantitative estimate of drug-likeness (QED) is 0.519. The van der Waals surface area contributed by atoms with Gasteiger partial charge < -0.3 is 14.8 Å². The van der Waals surface area contributed by atoms with Gasteiger partial charge in [-0.1, -0.05) is 26.0 Å². The molecule has 11 heteroatoms. The summed E-state index contributed by atoms with van der Waals surface area (Å²) in [6, 6.07) is 11.0. The lowest BCUT2D eigenvalue weighted by Crippen LogP contribution is -2.30. The van der Waals surface area contributed by atoms with Gasteiger partial charge in [-0.3, -0.25) is 4.79 Å². The Hall–Kier alpha value is -2.79. The number of nitrogens with one attached hydrogen (secondary N) is 2. The van der Waals surface area contributed by atoms with Crippen molar-refractivity contribution >= 4 is 15.9 Å². The van der Waals surface area contributed by atoms with Crippen LogP contribution in [0.5, 0.6) is 11.5 Å². The average molecular weight is 475 g/mol. The zero-order chi connectivity index (χ0) is 23.8. The second kappa shape index (κ2) is 11.2. The molecular weight excluding hydrogens is 449 g/mol. The third kappa shape index (κ3) is 9.15. The summed E-state index contributed by atoms with van der Waals surface area (Å²) in [4.78, 5) is 11.7. The first-order valence-electron chi connectivity index (χ1n) is 9.78. The van der Waals surface area contributed by atoms with Crippen LogP contribution in [0.1, 0.15) is 25.8 Å². The van der Waals surface area contributed by atoms with Crippen molar-refractivity contribution in [2.75, 3.05) is 13.2 Å². The summed E-state index contributed by atoms with van der Waals surface area (Å²) in [5.41, 5.74) is 0.858. The molecule has 2 rings (SSSR count). The number of benzene rings is 2. The molecule has 32 heavy (non-hydrogen) atoms. The van der Waals surface area contributed by atoms with Gasteiger partial charge in [0.2, 0.25) is 15.9 Å². The van der Waals surface area contributed by atoms with E-state index in [9.17, 15) is 26.4 Å². The highest BCUT2D eigenvalue weighted by Gasteiger charge is 2.31. The molecule has 176 valence electrons. The smallest absolute Gasteiger partial charge is 0.493 e. The Kier molecular flexibility index (Phi) is 8.90. The average Bonchev–Trinajstić information content (AvgIpc) is 2.70. The molecule has 2 aromatic rings. The molecule has 2 aromatic carbocycles. The molecule has 0 aliphatic heterocycles. The van der Waals surface area contributed by atoms with Crippen molar-refractivity contribution in [2.45, 2.75) is 38.1 Å². The Morgan fingerprint density at radius 3 is 2.16 bits per heavy atom. The van der Waals surface area contributed by atoms with E-state index >= 15 is 0 Å². The molecule has 0 aliphatic carbocycles. The maximum atomic E-state index is 12.2. The zero-order valence-electron chi connectivity index (χ0n) is 17.6. The molecule has 0 aromatic heterocycles. The van der Waals surface area contributed by atoms with Crippen LogP contribution in [0.15, 0.2) is 53.4 Å². The topological polar surface area (TPSA) is 93.7 Å². The van der Waals surface area contributed by atoms with Crippen molar-refractivity contribution in [3.8, 4) is 11.5 Å². The fraction of sp³-hybridized carbons (Fsp3) is 0.381. The standard InChI is InChI=1S/C21H25F3N2O5S/c1-15(2)14-30-17-5-3-16(4-6-17)13-25-20(27)11-12-26-32(28,29)19-9-7-18(8-10-19)31-21(22,23)24/h3-10,15,26H,11-14H2,1-2H3,(H,25,27). The van der Waals surface area contributed by atoms with Crippen LogP contribution >= 0.6 is 0 Å². The summed E-state index contributed by atoms with van der Waals surface area (Å²) in [6.45, 7) is 4.81. The SMILES string of the molecule is CC(C)COc1ccc(CNC(=O)CCNS(=O)(=O)c2ccc(OC(F)(F)F)cc2)cc1. The van der Waals surface area contributed by atoms with Gasteiger partial charge in [-0.25, -0.2) is 13.1 Å². The van der Waals surface area contributed by atoms with Crippen LogP contribution in [-0.2, 0) is 21.4 Å². The van der Waals surface area contributed by atoms with Crippen LogP contribution in [0.3, 0.4) is 0 Å². The van der Waals surface area contributed by atoms with Crippen LogP contribution in [0, 0.1) is 5.92 Å². The minimum Gasteiger partial charge on any atom is -0.493 e. The lowest BCUT2D eigenvalue weighted by molar-refractivity contribution is -0.274. The summed E-state index contributed by atoms with van der Waals surface area (Å²) in [6.07, 6.45) is -4.97. The van der Waals surface area contributed by atoms with Crippen molar-refractivity contribution in [1.82, 2.24) is 10.0 Å². The van der Waals surface area contributed by atoms with Crippen LogP contribution in [-0.4, -0.2) is 33.8 Å². The fourth-order valence-corrected chi connectivity index (χ4v) is 3.49. The minimum absolute atomic E-state index is 0.107. The summed E-state index contributed by atoms with van der Waals surface area (Å²) in [7, 11) is -3.98. The van der Waals surface area contributed by atoms with Gasteiger partial charge in [-0.15, -0.1) is 13.2 Å². The maximum absolute atomic E-state index is 12.2. The Morgan fingerprint density at radius 2 is 1.59 bits per heavy atom. The molecule has 2 N–H and O–H groups in total. The molecule has 0 spiro atoms. The minimum atomic E-state index is -4.87. The predicted octanol–water partition coefficient (Wildman–Crippen LogP) is 3.60. The maximum Gasteiger partial charge on any atom is 0.573 e. The van der Waals surface area contributed by atoms with Gasteiger partial charge in [-0.05, 0) is 47.9 Å². The number of carbonyl (C=O) groups excluding carboxylic acids is 1. The molecule has 0 fully saturated rings. The van der Waals surface area contributed by atoms with Gasteiger partial charge in [0.15, 0.2) is 0 Å². The number of sulfonamides is 1. The second-order valence-electron chi connectivity index (χ2n) is 7.29. The van der Waals surface area contributed by atoms with Crippen molar-refractivity contribution in [1.29, 1.82) is 0 Å². The third-order valence-electron chi connectivity index (χ3n) is 4.01. The Balaban J connectivity index is 1.76. The van der Waals surface area contributed by atoms with E-state index in [0.29, 0.717) is 12.5 Å². The first kappa shape index (κ1) is 25.5. The van der Waals surface area contributed by atoms with Crippen LogP contribution < -0.4 is 19.5 Å². The molecule has 0 aliphatic rings. The largest absolute Gasteiger partial charge is 0.573 e. The molecule has 7 nitrogen and oxygen atoms in total. The molecule has 0 heterocycles. The lowest BCUT2D eigenvalue weighted by atomic mass is 10.2. The fourth-order valence-electron chi connectivity index (χ4n) is 2.46. The van der Waals surface area contributed by atoms with Gasteiger partial charge in [-0.2, -0.15) is 0 Å². The molecule has 0 saturated heterocycles. The monoisotopic (exact) mass is 474 g/mol. The van der Waals surface area contributed by atoms with Gasteiger partial charge in [0.05, 0.1) is 11.5 Å². The van der Waals surface area contributed by atoms with Gasteiger partial charge in [0.1, 0.15) is 11.5 Å². The van der Waals surface area contributed by atoms with E-state index < -0.39 is 22.1 Å². The van der Waals surface area contributed by atoms with Crippen molar-refractivity contribution in [2.24, 2.45) is 5.92 Å². The first-order chi connectivity index (χ1) is 14.9. The predicted molar refractivity (Wildman–Crippen MR) is 112 cm³/mol. The normalized spacial score (nSPS) is 11.9. The third-order valence-corrected chi connectivity index (χ3v) is 5.49. The Labute approximate surface area is 185 Å².